The average molecular weight is 1050 g/mol. The van der Waals surface area contributed by atoms with Gasteiger partial charge in [0, 0.05) is 12.8 Å². The number of nitrogens with one attached hydrogen (secondary N) is 1. The molecule has 1 N–H and O–H groups in total. The Morgan fingerprint density at radius 2 is 0.836 bits per heavy atom. The molecule has 0 aromatic rings. The number of allylic oxidation sites excluding steroid dienone is 5. The zero-order chi connectivity index (χ0) is 53.6. The number of ether oxygens (including phenoxy) is 1. The Bertz CT molecular complexity index is 1350. The summed E-state index contributed by atoms with van der Waals surface area (Å²) in [6.45, 7) is 6.84. The Kier molecular flexibility index (Phi) is 52.3. The number of carbonyl (C=O) groups is 2. The van der Waals surface area contributed by atoms with Crippen LogP contribution in [0.5, 0.6) is 0 Å². The van der Waals surface area contributed by atoms with E-state index in [0.29, 0.717) is 17.4 Å². The minimum absolute atomic E-state index is 0.0196. The van der Waals surface area contributed by atoms with Crippen LogP contribution in [0.2, 0.25) is 0 Å². The van der Waals surface area contributed by atoms with E-state index in [1.807, 2.05) is 33.3 Å². The van der Waals surface area contributed by atoms with Crippen molar-refractivity contribution >= 4 is 19.7 Å². The Balaban J connectivity index is 5.12. The number of phosphoric ester groups is 1. The summed E-state index contributed by atoms with van der Waals surface area (Å²) in [5.74, 6) is -0.530. The van der Waals surface area contributed by atoms with E-state index >= 15 is 0 Å². The van der Waals surface area contributed by atoms with Gasteiger partial charge in [-0.3, -0.25) is 14.2 Å². The fourth-order valence-electron chi connectivity index (χ4n) is 9.20. The summed E-state index contributed by atoms with van der Waals surface area (Å²) in [5.41, 5.74) is 0. The number of quaternary nitrogens is 1. The SMILES string of the molecule is CCCCC/C=C\C/C=C\CCCCCCCCCCCCCCCC(=O)OC(/C=C\CCCCCCCCCCCCC)C(COP(=O)([O-])OCC[N+](C)(C)C)NC(=O)CCCCCCCCCCCCC. The molecule has 3 unspecified atom stereocenters. The van der Waals surface area contributed by atoms with Gasteiger partial charge in [0.15, 0.2) is 0 Å². The van der Waals surface area contributed by atoms with E-state index in [2.05, 4.69) is 50.4 Å². The molecule has 0 aromatic carbocycles. The van der Waals surface area contributed by atoms with E-state index in [1.165, 1.54) is 205 Å². The van der Waals surface area contributed by atoms with E-state index < -0.39 is 20.0 Å². The van der Waals surface area contributed by atoms with Crippen molar-refractivity contribution in [2.45, 2.75) is 315 Å². The van der Waals surface area contributed by atoms with Crippen molar-refractivity contribution in [3.05, 3.63) is 36.5 Å². The van der Waals surface area contributed by atoms with Gasteiger partial charge in [0.25, 0.3) is 7.82 Å². The van der Waals surface area contributed by atoms with E-state index in [9.17, 15) is 19.0 Å². The van der Waals surface area contributed by atoms with Crippen LogP contribution in [0.3, 0.4) is 0 Å². The number of esters is 1. The summed E-state index contributed by atoms with van der Waals surface area (Å²) < 4.78 is 30.3. The number of nitrogens with zero attached hydrogens (tertiary/aromatic N) is 1. The third kappa shape index (κ3) is 54.8. The van der Waals surface area contributed by atoms with Crippen molar-refractivity contribution in [3.8, 4) is 0 Å². The van der Waals surface area contributed by atoms with Crippen molar-refractivity contribution in [2.75, 3.05) is 40.9 Å². The normalized spacial score (nSPS) is 13.9. The van der Waals surface area contributed by atoms with E-state index in [0.717, 1.165) is 64.2 Å². The van der Waals surface area contributed by atoms with E-state index in [-0.39, 0.29) is 31.5 Å². The standard InChI is InChI=1S/C63H121N2O7P/c1-7-10-13-16-19-22-25-27-28-29-30-31-32-33-34-35-36-38-41-44-47-50-53-56-63(67)72-61(54-51-48-45-42-40-37-26-23-20-17-14-11-8-2)60(59-71-73(68,69)70-58-57-65(4,5)6)64-62(66)55-52-49-46-43-39-24-21-18-15-12-9-3/h19,22,27-28,51,54,60-61H,7-18,20-21,23-26,29-50,52-53,55-59H2,1-6H3,(H-,64,66,68,69)/b22-19-,28-27-,54-51-. The lowest BCUT2D eigenvalue weighted by Crippen LogP contribution is -2.47. The lowest BCUT2D eigenvalue weighted by molar-refractivity contribution is -0.870. The number of amides is 1. The second-order valence-electron chi connectivity index (χ2n) is 22.6. The Hall–Kier alpha value is -1.77. The van der Waals surface area contributed by atoms with Crippen LogP contribution in [-0.2, 0) is 27.9 Å². The largest absolute Gasteiger partial charge is 0.756 e. The third-order valence-electron chi connectivity index (χ3n) is 14.1. The molecule has 0 fully saturated rings. The highest BCUT2D eigenvalue weighted by Gasteiger charge is 2.27. The molecule has 0 heterocycles. The van der Waals surface area contributed by atoms with Crippen LogP contribution < -0.4 is 10.2 Å². The summed E-state index contributed by atoms with van der Waals surface area (Å²) >= 11 is 0. The molecule has 9 nitrogen and oxygen atoms in total. The molecule has 3 atom stereocenters. The van der Waals surface area contributed by atoms with Gasteiger partial charge in [-0.2, -0.15) is 0 Å². The lowest BCUT2D eigenvalue weighted by Gasteiger charge is -2.30. The highest BCUT2D eigenvalue weighted by Crippen LogP contribution is 2.38. The number of hydrogen-bond donors (Lipinski definition) is 1. The summed E-state index contributed by atoms with van der Waals surface area (Å²) in [5, 5.41) is 3.03. The maximum atomic E-state index is 13.5. The fourth-order valence-corrected chi connectivity index (χ4v) is 9.92. The number of likely N-dealkylation sites (N-methyl/N-ethyl adjacent to an activating group) is 1. The van der Waals surface area contributed by atoms with Gasteiger partial charge in [0.05, 0.1) is 33.8 Å². The van der Waals surface area contributed by atoms with Crippen LogP contribution in [0.4, 0.5) is 0 Å². The molecule has 0 saturated carbocycles. The molecular formula is C63H121N2O7P. The average Bonchev–Trinajstić information content (AvgIpc) is 3.35. The predicted octanol–water partition coefficient (Wildman–Crippen LogP) is 18.5. The van der Waals surface area contributed by atoms with Gasteiger partial charge in [-0.15, -0.1) is 0 Å². The fraction of sp³-hybridized carbons (Fsp3) is 0.873. The highest BCUT2D eigenvalue weighted by atomic mass is 31.2. The topological polar surface area (TPSA) is 114 Å². The van der Waals surface area contributed by atoms with Crippen molar-refractivity contribution in [1.82, 2.24) is 5.32 Å². The molecule has 0 rings (SSSR count). The molecule has 10 heteroatoms. The monoisotopic (exact) mass is 1050 g/mol. The Morgan fingerprint density at radius 3 is 1.26 bits per heavy atom. The van der Waals surface area contributed by atoms with Gasteiger partial charge in [0.1, 0.15) is 19.3 Å². The first-order valence-electron chi connectivity index (χ1n) is 31.3. The summed E-state index contributed by atoms with van der Waals surface area (Å²) in [6.07, 6.45) is 64.0. The Labute approximate surface area is 453 Å². The molecule has 0 spiro atoms. The molecule has 430 valence electrons. The van der Waals surface area contributed by atoms with E-state index in [4.69, 9.17) is 13.8 Å². The van der Waals surface area contributed by atoms with Crippen LogP contribution in [-0.4, -0.2) is 69.4 Å². The smallest absolute Gasteiger partial charge is 0.306 e. The van der Waals surface area contributed by atoms with Crippen molar-refractivity contribution in [1.29, 1.82) is 0 Å². The van der Waals surface area contributed by atoms with E-state index in [1.54, 1.807) is 0 Å². The number of carbonyl (C=O) groups excluding carboxylic acids is 2. The minimum Gasteiger partial charge on any atom is -0.756 e. The first-order valence-corrected chi connectivity index (χ1v) is 32.8. The van der Waals surface area contributed by atoms with Gasteiger partial charge in [-0.05, 0) is 63.9 Å². The predicted molar refractivity (Wildman–Crippen MR) is 312 cm³/mol. The molecule has 0 bridgehead atoms. The van der Waals surface area contributed by atoms with Crippen LogP contribution in [0.25, 0.3) is 0 Å². The van der Waals surface area contributed by atoms with Crippen LogP contribution in [0.1, 0.15) is 303 Å². The van der Waals surface area contributed by atoms with Gasteiger partial charge >= 0.3 is 5.97 Å². The number of unbranched alkanes of at least 4 members (excludes halogenated alkanes) is 37. The zero-order valence-corrected chi connectivity index (χ0v) is 50.0. The Morgan fingerprint density at radius 1 is 0.479 bits per heavy atom. The second-order valence-corrected chi connectivity index (χ2v) is 24.0. The first-order chi connectivity index (χ1) is 35.4. The van der Waals surface area contributed by atoms with Crippen LogP contribution >= 0.6 is 7.82 Å². The molecule has 0 aliphatic rings. The lowest BCUT2D eigenvalue weighted by atomic mass is 10.0. The number of hydrogen-bond acceptors (Lipinski definition) is 7. The van der Waals surface area contributed by atoms with Crippen LogP contribution in [0.15, 0.2) is 36.5 Å². The number of rotatable bonds is 57. The molecule has 1 amide bonds. The summed E-state index contributed by atoms with van der Waals surface area (Å²) in [7, 11) is 1.20. The maximum absolute atomic E-state index is 13.5. The van der Waals surface area contributed by atoms with Crippen LogP contribution in [0, 0.1) is 0 Å². The van der Waals surface area contributed by atoms with Crippen molar-refractivity contribution < 1.29 is 37.3 Å². The molecule has 0 aromatic heterocycles. The van der Waals surface area contributed by atoms with Crippen molar-refractivity contribution in [2.24, 2.45) is 0 Å². The molecule has 0 aliphatic carbocycles. The molecule has 0 saturated heterocycles. The maximum Gasteiger partial charge on any atom is 0.306 e. The molecular weight excluding hydrogens is 928 g/mol. The highest BCUT2D eigenvalue weighted by molar-refractivity contribution is 7.45. The van der Waals surface area contributed by atoms with Gasteiger partial charge < -0.3 is 28.5 Å². The molecule has 0 aliphatic heterocycles. The van der Waals surface area contributed by atoms with Gasteiger partial charge in [-0.1, -0.05) is 263 Å². The third-order valence-corrected chi connectivity index (χ3v) is 15.0. The summed E-state index contributed by atoms with van der Waals surface area (Å²) in [6, 6.07) is -0.883. The second kappa shape index (κ2) is 53.6. The first kappa shape index (κ1) is 71.2. The zero-order valence-electron chi connectivity index (χ0n) is 49.1. The van der Waals surface area contributed by atoms with Gasteiger partial charge in [-0.25, -0.2) is 0 Å². The molecule has 0 radical (unpaired) electrons. The molecule has 73 heavy (non-hydrogen) atoms. The number of phosphoric acid groups is 1. The van der Waals surface area contributed by atoms with Crippen molar-refractivity contribution in [3.63, 3.8) is 0 Å². The summed E-state index contributed by atoms with van der Waals surface area (Å²) in [4.78, 5) is 39.9. The van der Waals surface area contributed by atoms with Gasteiger partial charge in [0.2, 0.25) is 5.91 Å². The quantitative estimate of drug-likeness (QED) is 0.0212. The minimum atomic E-state index is -4.69.